The molecule has 1 aliphatic carbocycles. The fourth-order valence-electron chi connectivity index (χ4n) is 5.37. The average molecular weight is 508 g/mol. The molecule has 0 bridgehead atoms. The summed E-state index contributed by atoms with van der Waals surface area (Å²) in [6.07, 6.45) is 7.29. The van der Waals surface area contributed by atoms with Crippen molar-refractivity contribution in [3.63, 3.8) is 0 Å². The Kier molecular flexibility index (Phi) is 9.12. The van der Waals surface area contributed by atoms with Gasteiger partial charge in [0, 0.05) is 0 Å². The van der Waals surface area contributed by atoms with Crippen LogP contribution in [0.25, 0.3) is 0 Å². The Morgan fingerprint density at radius 2 is 1.70 bits per heavy atom. The molecule has 1 heterocycles. The number of alkyl carbamates (subject to hydrolysis) is 1. The lowest BCUT2D eigenvalue weighted by Gasteiger charge is -2.30. The molecule has 37 heavy (non-hydrogen) atoms. The van der Waals surface area contributed by atoms with E-state index in [0.717, 1.165) is 36.1 Å². The largest absolute Gasteiger partial charge is 0.489 e. The number of rotatable bonds is 9. The first kappa shape index (κ1) is 27.0. The van der Waals surface area contributed by atoms with E-state index < -0.39 is 11.7 Å². The minimum absolute atomic E-state index is 0.186. The minimum atomic E-state index is -0.578. The monoisotopic (exact) mass is 507 g/mol. The number of cyclic esters (lactones) is 1. The van der Waals surface area contributed by atoms with Crippen molar-refractivity contribution in [2.45, 2.75) is 96.5 Å². The van der Waals surface area contributed by atoms with Crippen molar-refractivity contribution < 1.29 is 23.8 Å². The summed E-state index contributed by atoms with van der Waals surface area (Å²) in [5.74, 6) is 0.924. The molecule has 6 heteroatoms. The van der Waals surface area contributed by atoms with Gasteiger partial charge in [-0.05, 0) is 69.2 Å². The fourth-order valence-corrected chi connectivity index (χ4v) is 5.37. The van der Waals surface area contributed by atoms with Gasteiger partial charge in [0.1, 0.15) is 24.1 Å². The molecule has 1 amide bonds. The number of esters is 1. The van der Waals surface area contributed by atoms with Crippen LogP contribution in [0, 0.1) is 11.8 Å². The highest BCUT2D eigenvalue weighted by Gasteiger charge is 2.40. The second-order valence-electron chi connectivity index (χ2n) is 11.5. The number of hydrogen-bond donors (Lipinski definition) is 1. The van der Waals surface area contributed by atoms with Crippen molar-refractivity contribution in [2.75, 3.05) is 0 Å². The van der Waals surface area contributed by atoms with Gasteiger partial charge in [0.15, 0.2) is 0 Å². The Balaban J connectivity index is 1.34. The second kappa shape index (κ2) is 12.5. The summed E-state index contributed by atoms with van der Waals surface area (Å²) in [6.45, 7) is 6.08. The smallest absolute Gasteiger partial charge is 0.408 e. The van der Waals surface area contributed by atoms with Crippen LogP contribution < -0.4 is 10.1 Å². The first-order valence-corrected chi connectivity index (χ1v) is 13.7. The quantitative estimate of drug-likeness (QED) is 0.387. The van der Waals surface area contributed by atoms with Gasteiger partial charge < -0.3 is 19.5 Å². The predicted octanol–water partition coefficient (Wildman–Crippen LogP) is 6.60. The third-order valence-electron chi connectivity index (χ3n) is 7.23. The molecular weight excluding hydrogens is 466 g/mol. The topological polar surface area (TPSA) is 73.9 Å². The summed E-state index contributed by atoms with van der Waals surface area (Å²) < 4.78 is 17.3. The van der Waals surface area contributed by atoms with Gasteiger partial charge in [-0.1, -0.05) is 74.6 Å². The Labute approximate surface area is 221 Å². The molecule has 2 aliphatic rings. The van der Waals surface area contributed by atoms with Crippen LogP contribution in [0.4, 0.5) is 4.79 Å². The SMILES string of the molecule is CC(C)(C)OC(=O)N[C@@H](CC1CCCCC1)[C@@H]1C[C@@H](Cc2ccc(OCc3ccccc3)cc2)C(=O)O1. The number of ether oxygens (including phenoxy) is 3. The van der Waals surface area contributed by atoms with E-state index in [9.17, 15) is 9.59 Å². The molecule has 4 rings (SSSR count). The second-order valence-corrected chi connectivity index (χ2v) is 11.5. The molecule has 1 aliphatic heterocycles. The van der Waals surface area contributed by atoms with Crippen molar-refractivity contribution in [1.82, 2.24) is 5.32 Å². The highest BCUT2D eigenvalue weighted by Crippen LogP contribution is 2.33. The molecule has 6 nitrogen and oxygen atoms in total. The van der Waals surface area contributed by atoms with Crippen LogP contribution in [0.3, 0.4) is 0 Å². The minimum Gasteiger partial charge on any atom is -0.489 e. The number of carbonyl (C=O) groups excluding carboxylic acids is 2. The van der Waals surface area contributed by atoms with Crippen molar-refractivity contribution in [3.8, 4) is 5.75 Å². The van der Waals surface area contributed by atoms with Crippen LogP contribution in [-0.2, 0) is 27.3 Å². The van der Waals surface area contributed by atoms with Gasteiger partial charge in [0.2, 0.25) is 0 Å². The molecule has 0 unspecified atom stereocenters. The zero-order valence-corrected chi connectivity index (χ0v) is 22.4. The van der Waals surface area contributed by atoms with Crippen LogP contribution >= 0.6 is 0 Å². The molecule has 2 aromatic rings. The van der Waals surface area contributed by atoms with Crippen molar-refractivity contribution in [2.24, 2.45) is 11.8 Å². The predicted molar refractivity (Wildman–Crippen MR) is 143 cm³/mol. The van der Waals surface area contributed by atoms with E-state index in [1.807, 2.05) is 75.4 Å². The number of benzene rings is 2. The average Bonchev–Trinajstić information content (AvgIpc) is 3.23. The molecular formula is C31H41NO5. The lowest BCUT2D eigenvalue weighted by molar-refractivity contribution is -0.145. The summed E-state index contributed by atoms with van der Waals surface area (Å²) in [6, 6.07) is 17.8. The molecule has 1 saturated heterocycles. The lowest BCUT2D eigenvalue weighted by Crippen LogP contribution is -2.46. The molecule has 2 aromatic carbocycles. The van der Waals surface area contributed by atoms with Gasteiger partial charge in [0.25, 0.3) is 0 Å². The standard InChI is InChI=1S/C31H41NO5/c1-31(2,3)37-30(34)32-27(19-22-10-6-4-7-11-22)28-20-25(29(33)36-28)18-23-14-16-26(17-15-23)35-21-24-12-8-5-9-13-24/h5,8-9,12-17,22,25,27-28H,4,6-7,10-11,18-21H2,1-3H3,(H,32,34)/t25-,27+,28+/m1/s1. The van der Waals surface area contributed by atoms with Crippen molar-refractivity contribution in [3.05, 3.63) is 65.7 Å². The lowest BCUT2D eigenvalue weighted by atomic mass is 9.82. The molecule has 200 valence electrons. The van der Waals surface area contributed by atoms with Gasteiger partial charge in [-0.2, -0.15) is 0 Å². The van der Waals surface area contributed by atoms with E-state index in [1.165, 1.54) is 19.3 Å². The molecule has 0 radical (unpaired) electrons. The van der Waals surface area contributed by atoms with Crippen LogP contribution in [-0.4, -0.2) is 29.8 Å². The maximum Gasteiger partial charge on any atom is 0.408 e. The van der Waals surface area contributed by atoms with Gasteiger partial charge >= 0.3 is 12.1 Å². The molecule has 2 fully saturated rings. The highest BCUT2D eigenvalue weighted by molar-refractivity contribution is 5.75. The van der Waals surface area contributed by atoms with E-state index in [4.69, 9.17) is 14.2 Å². The zero-order chi connectivity index (χ0) is 26.3. The zero-order valence-electron chi connectivity index (χ0n) is 22.4. The summed E-state index contributed by atoms with van der Waals surface area (Å²) in [7, 11) is 0. The number of carbonyl (C=O) groups is 2. The van der Waals surface area contributed by atoms with Gasteiger partial charge in [-0.15, -0.1) is 0 Å². The summed E-state index contributed by atoms with van der Waals surface area (Å²) in [5, 5.41) is 3.05. The molecule has 3 atom stereocenters. The highest BCUT2D eigenvalue weighted by atomic mass is 16.6. The van der Waals surface area contributed by atoms with Crippen LogP contribution in [0.2, 0.25) is 0 Å². The van der Waals surface area contributed by atoms with Crippen LogP contribution in [0.1, 0.15) is 76.8 Å². The fraction of sp³-hybridized carbons (Fsp3) is 0.548. The third kappa shape index (κ3) is 8.51. The van der Waals surface area contributed by atoms with E-state index >= 15 is 0 Å². The van der Waals surface area contributed by atoms with Gasteiger partial charge in [0.05, 0.1) is 12.0 Å². The Morgan fingerprint density at radius 1 is 1.00 bits per heavy atom. The van der Waals surface area contributed by atoms with Gasteiger partial charge in [-0.3, -0.25) is 4.79 Å². The number of hydrogen-bond acceptors (Lipinski definition) is 5. The maximum atomic E-state index is 12.8. The van der Waals surface area contributed by atoms with Crippen molar-refractivity contribution >= 4 is 12.1 Å². The molecule has 0 aromatic heterocycles. The van der Waals surface area contributed by atoms with Crippen LogP contribution in [0.15, 0.2) is 54.6 Å². The van der Waals surface area contributed by atoms with Gasteiger partial charge in [-0.25, -0.2) is 4.79 Å². The van der Waals surface area contributed by atoms with E-state index in [1.54, 1.807) is 0 Å². The molecule has 1 N–H and O–H groups in total. The van der Waals surface area contributed by atoms with Crippen LogP contribution in [0.5, 0.6) is 5.75 Å². The maximum absolute atomic E-state index is 12.8. The number of nitrogens with one attached hydrogen (secondary N) is 1. The Hall–Kier alpha value is -3.02. The first-order chi connectivity index (χ1) is 17.7. The summed E-state index contributed by atoms with van der Waals surface area (Å²) in [4.78, 5) is 25.4. The van der Waals surface area contributed by atoms with Crippen molar-refractivity contribution in [1.29, 1.82) is 0 Å². The third-order valence-corrected chi connectivity index (χ3v) is 7.23. The summed E-state index contributed by atoms with van der Waals surface area (Å²) >= 11 is 0. The first-order valence-electron chi connectivity index (χ1n) is 13.7. The summed E-state index contributed by atoms with van der Waals surface area (Å²) in [5.41, 5.74) is 1.61. The Bertz CT molecular complexity index is 1010. The van der Waals surface area contributed by atoms with E-state index in [-0.39, 0.29) is 24.0 Å². The Morgan fingerprint density at radius 3 is 2.38 bits per heavy atom. The normalized spacial score (nSPS) is 21.2. The number of amides is 1. The van der Waals surface area contributed by atoms with E-state index in [2.05, 4.69) is 5.32 Å². The van der Waals surface area contributed by atoms with E-state index in [0.29, 0.717) is 25.4 Å². The molecule has 1 saturated carbocycles. The molecule has 0 spiro atoms.